The van der Waals surface area contributed by atoms with Crippen molar-refractivity contribution >= 4 is 11.9 Å². The SMILES string of the molecule is CC1(C)CCCN(c2nccc(C#N)n2)C1C(=O)O. The van der Waals surface area contributed by atoms with E-state index in [0.29, 0.717) is 12.5 Å². The largest absolute Gasteiger partial charge is 0.480 e. The number of aromatic nitrogens is 2. The lowest BCUT2D eigenvalue weighted by Crippen LogP contribution is -2.55. The molecule has 6 nitrogen and oxygen atoms in total. The van der Waals surface area contributed by atoms with Gasteiger partial charge in [0.1, 0.15) is 17.8 Å². The van der Waals surface area contributed by atoms with Crippen molar-refractivity contribution in [1.82, 2.24) is 9.97 Å². The third-order valence-corrected chi connectivity index (χ3v) is 3.52. The summed E-state index contributed by atoms with van der Waals surface area (Å²) in [4.78, 5) is 21.4. The van der Waals surface area contributed by atoms with E-state index in [0.717, 1.165) is 12.8 Å². The zero-order valence-electron chi connectivity index (χ0n) is 11.0. The molecule has 6 heteroatoms. The number of hydrogen-bond acceptors (Lipinski definition) is 5. The molecule has 19 heavy (non-hydrogen) atoms. The molecule has 2 heterocycles. The maximum Gasteiger partial charge on any atom is 0.326 e. The van der Waals surface area contributed by atoms with Crippen molar-refractivity contribution in [2.45, 2.75) is 32.7 Å². The Labute approximate surface area is 111 Å². The molecule has 0 aromatic carbocycles. The molecule has 1 unspecified atom stereocenters. The molecule has 0 radical (unpaired) electrons. The van der Waals surface area contributed by atoms with Crippen LogP contribution in [0, 0.1) is 16.7 Å². The van der Waals surface area contributed by atoms with Gasteiger partial charge in [-0.25, -0.2) is 14.8 Å². The third-order valence-electron chi connectivity index (χ3n) is 3.52. The first kappa shape index (κ1) is 13.3. The summed E-state index contributed by atoms with van der Waals surface area (Å²) in [5, 5.41) is 18.3. The van der Waals surface area contributed by atoms with Crippen LogP contribution in [-0.2, 0) is 4.79 Å². The number of piperidine rings is 1. The van der Waals surface area contributed by atoms with Crippen molar-refractivity contribution in [2.75, 3.05) is 11.4 Å². The van der Waals surface area contributed by atoms with Gasteiger partial charge in [0.2, 0.25) is 5.95 Å². The van der Waals surface area contributed by atoms with E-state index in [1.165, 1.54) is 12.3 Å². The van der Waals surface area contributed by atoms with Crippen LogP contribution in [0.5, 0.6) is 0 Å². The first-order valence-electron chi connectivity index (χ1n) is 6.18. The Morgan fingerprint density at radius 2 is 2.37 bits per heavy atom. The van der Waals surface area contributed by atoms with E-state index in [2.05, 4.69) is 9.97 Å². The number of nitriles is 1. The van der Waals surface area contributed by atoms with E-state index in [-0.39, 0.29) is 11.1 Å². The molecule has 1 N–H and O–H groups in total. The van der Waals surface area contributed by atoms with E-state index >= 15 is 0 Å². The number of rotatable bonds is 2. The molecule has 2 rings (SSSR count). The molecule has 0 spiro atoms. The number of nitrogens with zero attached hydrogens (tertiary/aromatic N) is 4. The first-order chi connectivity index (χ1) is 8.95. The molecule has 1 atom stereocenters. The minimum Gasteiger partial charge on any atom is -0.480 e. The van der Waals surface area contributed by atoms with Gasteiger partial charge >= 0.3 is 5.97 Å². The minimum absolute atomic E-state index is 0.248. The zero-order chi connectivity index (χ0) is 14.0. The molecular weight excluding hydrogens is 244 g/mol. The highest BCUT2D eigenvalue weighted by Gasteiger charge is 2.43. The van der Waals surface area contributed by atoms with Crippen molar-refractivity contribution in [1.29, 1.82) is 5.26 Å². The summed E-state index contributed by atoms with van der Waals surface area (Å²) in [7, 11) is 0. The number of hydrogen-bond donors (Lipinski definition) is 1. The van der Waals surface area contributed by atoms with Gasteiger partial charge in [-0.1, -0.05) is 13.8 Å². The fourth-order valence-electron chi connectivity index (χ4n) is 2.62. The molecule has 0 saturated carbocycles. The Balaban J connectivity index is 2.41. The fraction of sp³-hybridized carbons (Fsp3) is 0.538. The summed E-state index contributed by atoms with van der Waals surface area (Å²) >= 11 is 0. The Kier molecular flexibility index (Phi) is 3.38. The van der Waals surface area contributed by atoms with Gasteiger partial charge in [-0.2, -0.15) is 5.26 Å². The summed E-state index contributed by atoms with van der Waals surface area (Å²) < 4.78 is 0. The Morgan fingerprint density at radius 1 is 1.63 bits per heavy atom. The Bertz CT molecular complexity index is 536. The summed E-state index contributed by atoms with van der Waals surface area (Å²) in [5.41, 5.74) is -0.103. The van der Waals surface area contributed by atoms with E-state index in [1.807, 2.05) is 19.9 Å². The van der Waals surface area contributed by atoms with Crippen molar-refractivity contribution < 1.29 is 9.90 Å². The van der Waals surface area contributed by atoms with Crippen LogP contribution < -0.4 is 4.90 Å². The summed E-state index contributed by atoms with van der Waals surface area (Å²) in [6.45, 7) is 4.47. The Morgan fingerprint density at radius 3 is 3.00 bits per heavy atom. The summed E-state index contributed by atoms with van der Waals surface area (Å²) in [6, 6.07) is 2.78. The lowest BCUT2D eigenvalue weighted by molar-refractivity contribution is -0.142. The van der Waals surface area contributed by atoms with Crippen LogP contribution in [0.15, 0.2) is 12.3 Å². The highest BCUT2D eigenvalue weighted by molar-refractivity contribution is 5.78. The number of carboxylic acid groups (broad SMARTS) is 1. The van der Waals surface area contributed by atoms with Gasteiger partial charge in [0.25, 0.3) is 0 Å². The number of anilines is 1. The maximum absolute atomic E-state index is 11.5. The highest BCUT2D eigenvalue weighted by Crippen LogP contribution is 2.36. The van der Waals surface area contributed by atoms with E-state index in [1.54, 1.807) is 4.90 Å². The molecule has 1 fully saturated rings. The summed E-state index contributed by atoms with van der Waals surface area (Å²) in [5.74, 6) is -0.560. The molecule has 100 valence electrons. The van der Waals surface area contributed by atoms with Crippen LogP contribution in [0.25, 0.3) is 0 Å². The van der Waals surface area contributed by atoms with Crippen LogP contribution in [0.1, 0.15) is 32.4 Å². The lowest BCUT2D eigenvalue weighted by Gasteiger charge is -2.43. The molecule has 1 aromatic rings. The quantitative estimate of drug-likeness (QED) is 0.865. The first-order valence-corrected chi connectivity index (χ1v) is 6.18. The topological polar surface area (TPSA) is 90.1 Å². The van der Waals surface area contributed by atoms with Crippen molar-refractivity contribution in [3.8, 4) is 6.07 Å². The lowest BCUT2D eigenvalue weighted by atomic mass is 9.76. The molecular formula is C13H16N4O2. The van der Waals surface area contributed by atoms with Gasteiger partial charge in [0.15, 0.2) is 0 Å². The third kappa shape index (κ3) is 2.50. The van der Waals surface area contributed by atoms with Crippen molar-refractivity contribution in [3.05, 3.63) is 18.0 Å². The Hall–Kier alpha value is -2.16. The molecule has 0 bridgehead atoms. The molecule has 1 aliphatic heterocycles. The van der Waals surface area contributed by atoms with Crippen molar-refractivity contribution in [3.63, 3.8) is 0 Å². The number of aliphatic carboxylic acids is 1. The molecule has 0 aliphatic carbocycles. The molecule has 1 aliphatic rings. The second-order valence-corrected chi connectivity index (χ2v) is 5.38. The fourth-order valence-corrected chi connectivity index (χ4v) is 2.62. The number of carboxylic acids is 1. The summed E-state index contributed by atoms with van der Waals surface area (Å²) in [6.07, 6.45) is 3.22. The van der Waals surface area contributed by atoms with E-state index in [4.69, 9.17) is 5.26 Å². The van der Waals surface area contributed by atoms with Gasteiger partial charge in [-0.3, -0.25) is 0 Å². The average molecular weight is 260 g/mol. The van der Waals surface area contributed by atoms with E-state index in [9.17, 15) is 9.90 Å². The predicted molar refractivity (Wildman–Crippen MR) is 68.5 cm³/mol. The van der Waals surface area contributed by atoms with Crippen LogP contribution in [-0.4, -0.2) is 33.6 Å². The maximum atomic E-state index is 11.5. The normalized spacial score (nSPS) is 21.7. The van der Waals surface area contributed by atoms with Gasteiger partial charge in [-0.15, -0.1) is 0 Å². The van der Waals surface area contributed by atoms with Crippen LogP contribution >= 0.6 is 0 Å². The van der Waals surface area contributed by atoms with Gasteiger partial charge < -0.3 is 10.0 Å². The average Bonchev–Trinajstić information content (AvgIpc) is 2.37. The second-order valence-electron chi connectivity index (χ2n) is 5.38. The van der Waals surface area contributed by atoms with Gasteiger partial charge in [-0.05, 0) is 24.3 Å². The molecule has 0 amide bonds. The van der Waals surface area contributed by atoms with Crippen LogP contribution in [0.4, 0.5) is 5.95 Å². The second kappa shape index (κ2) is 4.84. The minimum atomic E-state index is -0.879. The van der Waals surface area contributed by atoms with Crippen LogP contribution in [0.3, 0.4) is 0 Å². The standard InChI is InChI=1S/C13H16N4O2/c1-13(2)5-3-7-17(10(13)11(18)19)12-15-6-4-9(8-14)16-12/h4,6,10H,3,5,7H2,1-2H3,(H,18,19). The number of carbonyl (C=O) groups is 1. The van der Waals surface area contributed by atoms with E-state index < -0.39 is 12.0 Å². The predicted octanol–water partition coefficient (Wildman–Crippen LogP) is 1.43. The monoisotopic (exact) mass is 260 g/mol. The van der Waals surface area contributed by atoms with Crippen LogP contribution in [0.2, 0.25) is 0 Å². The van der Waals surface area contributed by atoms with Gasteiger partial charge in [0.05, 0.1) is 0 Å². The smallest absolute Gasteiger partial charge is 0.326 e. The van der Waals surface area contributed by atoms with Gasteiger partial charge in [0, 0.05) is 12.7 Å². The zero-order valence-corrected chi connectivity index (χ0v) is 11.0. The van der Waals surface area contributed by atoms with Crippen molar-refractivity contribution in [2.24, 2.45) is 5.41 Å². The molecule has 1 aromatic heterocycles. The highest BCUT2D eigenvalue weighted by atomic mass is 16.4. The molecule has 1 saturated heterocycles.